The number of carbonyl (C=O) groups is 1. The third-order valence-corrected chi connectivity index (χ3v) is 6.18. The van der Waals surface area contributed by atoms with Crippen molar-refractivity contribution in [1.82, 2.24) is 25.0 Å². The minimum Gasteiger partial charge on any atom is -0.349 e. The molecule has 1 aliphatic rings. The summed E-state index contributed by atoms with van der Waals surface area (Å²) in [6.07, 6.45) is 7.08. The fourth-order valence-corrected chi connectivity index (χ4v) is 4.28. The van der Waals surface area contributed by atoms with Crippen molar-refractivity contribution in [2.24, 2.45) is 0 Å². The summed E-state index contributed by atoms with van der Waals surface area (Å²) in [5, 5.41) is 7.40. The van der Waals surface area contributed by atoms with Gasteiger partial charge in [-0.05, 0) is 60.9 Å². The lowest BCUT2D eigenvalue weighted by atomic mass is 10.0. The number of rotatable bonds is 6. The lowest BCUT2D eigenvalue weighted by molar-refractivity contribution is 0.0908. The van der Waals surface area contributed by atoms with Gasteiger partial charge in [0.25, 0.3) is 5.91 Å². The number of nitrogens with zero attached hydrogens (tertiary/aromatic N) is 4. The molecule has 0 atom stereocenters. The minimum absolute atomic E-state index is 0.119. The van der Waals surface area contributed by atoms with E-state index in [9.17, 15) is 9.18 Å². The second-order valence-electron chi connectivity index (χ2n) is 8.58. The number of halogens is 1. The van der Waals surface area contributed by atoms with E-state index in [1.807, 2.05) is 16.9 Å². The van der Waals surface area contributed by atoms with Crippen LogP contribution in [0.5, 0.6) is 0 Å². The van der Waals surface area contributed by atoms with Gasteiger partial charge in [-0.2, -0.15) is 5.10 Å². The van der Waals surface area contributed by atoms with Crippen LogP contribution in [0.15, 0.2) is 85.3 Å². The van der Waals surface area contributed by atoms with E-state index in [1.54, 1.807) is 36.7 Å². The summed E-state index contributed by atoms with van der Waals surface area (Å²) in [6, 6.07) is 20.3. The smallest absolute Gasteiger partial charge is 0.253 e. The van der Waals surface area contributed by atoms with Gasteiger partial charge in [0.1, 0.15) is 5.82 Å². The van der Waals surface area contributed by atoms with E-state index in [0.717, 1.165) is 38.2 Å². The van der Waals surface area contributed by atoms with Gasteiger partial charge in [-0.3, -0.25) is 14.7 Å². The number of benzene rings is 2. The number of piperidine rings is 1. The Labute approximate surface area is 198 Å². The third-order valence-electron chi connectivity index (χ3n) is 6.18. The number of hydrogen-bond donors (Lipinski definition) is 1. The number of aromatic nitrogens is 3. The molecule has 34 heavy (non-hydrogen) atoms. The Kier molecular flexibility index (Phi) is 6.44. The van der Waals surface area contributed by atoms with Crippen LogP contribution in [0.25, 0.3) is 16.9 Å². The lowest BCUT2D eigenvalue weighted by Gasteiger charge is -2.32. The molecule has 0 aliphatic carbocycles. The number of nitrogens with one attached hydrogen (secondary N) is 1. The summed E-state index contributed by atoms with van der Waals surface area (Å²) >= 11 is 0. The monoisotopic (exact) mass is 455 g/mol. The second-order valence-corrected chi connectivity index (χ2v) is 8.58. The third kappa shape index (κ3) is 5.21. The molecule has 5 rings (SSSR count). The lowest BCUT2D eigenvalue weighted by Crippen LogP contribution is -2.44. The van der Waals surface area contributed by atoms with Crippen LogP contribution >= 0.6 is 0 Å². The fraction of sp³-hybridized carbons (Fsp3) is 0.222. The van der Waals surface area contributed by atoms with E-state index in [-0.39, 0.29) is 17.8 Å². The Hall–Kier alpha value is -3.84. The van der Waals surface area contributed by atoms with Gasteiger partial charge in [-0.15, -0.1) is 0 Å². The van der Waals surface area contributed by atoms with E-state index in [1.165, 1.54) is 17.7 Å². The van der Waals surface area contributed by atoms with E-state index in [2.05, 4.69) is 44.6 Å². The van der Waals surface area contributed by atoms with Crippen LogP contribution in [0.4, 0.5) is 4.39 Å². The number of carbonyl (C=O) groups excluding carboxylic acids is 1. The van der Waals surface area contributed by atoms with Crippen molar-refractivity contribution in [3.8, 4) is 16.9 Å². The summed E-state index contributed by atoms with van der Waals surface area (Å²) in [4.78, 5) is 19.4. The van der Waals surface area contributed by atoms with Crippen LogP contribution in [0, 0.1) is 5.82 Å². The van der Waals surface area contributed by atoms with Crippen LogP contribution in [0.2, 0.25) is 0 Å². The zero-order valence-electron chi connectivity index (χ0n) is 18.8. The quantitative estimate of drug-likeness (QED) is 0.466. The molecule has 6 nitrogen and oxygen atoms in total. The molecule has 1 aliphatic heterocycles. The molecule has 1 fully saturated rings. The molecule has 1 amide bonds. The second kappa shape index (κ2) is 9.97. The zero-order valence-corrected chi connectivity index (χ0v) is 18.8. The molecule has 0 saturated carbocycles. The van der Waals surface area contributed by atoms with E-state index in [0.29, 0.717) is 16.8 Å². The molecule has 0 bridgehead atoms. The first-order valence-corrected chi connectivity index (χ1v) is 11.5. The van der Waals surface area contributed by atoms with Gasteiger partial charge >= 0.3 is 0 Å². The molecular formula is C27H26FN5O. The molecule has 2 aromatic carbocycles. The van der Waals surface area contributed by atoms with Gasteiger partial charge in [0, 0.05) is 49.8 Å². The summed E-state index contributed by atoms with van der Waals surface area (Å²) in [5.41, 5.74) is 4.16. The maximum atomic E-state index is 13.4. The molecule has 0 spiro atoms. The predicted molar refractivity (Wildman–Crippen MR) is 129 cm³/mol. The molecular weight excluding hydrogens is 429 g/mol. The number of amides is 1. The van der Waals surface area contributed by atoms with E-state index in [4.69, 9.17) is 0 Å². The van der Waals surface area contributed by atoms with Crippen molar-refractivity contribution in [3.05, 3.63) is 102 Å². The predicted octanol–water partition coefficient (Wildman–Crippen LogP) is 4.47. The summed E-state index contributed by atoms with van der Waals surface area (Å²) in [6.45, 7) is 2.76. The Bertz CT molecular complexity index is 1230. The zero-order chi connectivity index (χ0) is 23.3. The van der Waals surface area contributed by atoms with Crippen molar-refractivity contribution in [1.29, 1.82) is 0 Å². The molecule has 172 valence electrons. The Morgan fingerprint density at radius 2 is 1.85 bits per heavy atom. The highest BCUT2D eigenvalue weighted by Gasteiger charge is 2.21. The van der Waals surface area contributed by atoms with Gasteiger partial charge in [0.05, 0.1) is 16.9 Å². The average molecular weight is 456 g/mol. The SMILES string of the molecule is O=C(NC1CCN(Cc2ccc(-n3cccn3)cc2)CC1)c1ccc(-c2cccc(F)c2)nc1. The number of likely N-dealkylation sites (tertiary alicyclic amines) is 1. The standard InChI is InChI=1S/C27H26FN5O/c28-23-4-1-3-21(17-23)26-10-7-22(18-29-26)27(34)31-24-11-15-32(16-12-24)19-20-5-8-25(9-6-20)33-14-2-13-30-33/h1-10,13-14,17-18,24H,11-12,15-16,19H2,(H,31,34). The Morgan fingerprint density at radius 3 is 2.53 bits per heavy atom. The molecule has 1 N–H and O–H groups in total. The van der Waals surface area contributed by atoms with Crippen molar-refractivity contribution < 1.29 is 9.18 Å². The molecule has 7 heteroatoms. The topological polar surface area (TPSA) is 63.1 Å². The van der Waals surface area contributed by atoms with Gasteiger partial charge in [0.2, 0.25) is 0 Å². The van der Waals surface area contributed by atoms with E-state index >= 15 is 0 Å². The largest absolute Gasteiger partial charge is 0.349 e. The molecule has 4 aromatic rings. The first-order chi connectivity index (χ1) is 16.6. The van der Waals surface area contributed by atoms with Gasteiger partial charge in [-0.1, -0.05) is 24.3 Å². The van der Waals surface area contributed by atoms with Crippen molar-refractivity contribution in [3.63, 3.8) is 0 Å². The van der Waals surface area contributed by atoms with Gasteiger partial charge in [-0.25, -0.2) is 9.07 Å². The maximum absolute atomic E-state index is 13.4. The molecule has 0 radical (unpaired) electrons. The first kappa shape index (κ1) is 22.0. The summed E-state index contributed by atoms with van der Waals surface area (Å²) in [5.74, 6) is -0.426. The van der Waals surface area contributed by atoms with Gasteiger partial charge in [0.15, 0.2) is 0 Å². The molecule has 3 heterocycles. The average Bonchev–Trinajstić information content (AvgIpc) is 3.41. The van der Waals surface area contributed by atoms with Crippen LogP contribution in [0.1, 0.15) is 28.8 Å². The molecule has 2 aromatic heterocycles. The van der Waals surface area contributed by atoms with Crippen LogP contribution in [-0.2, 0) is 6.54 Å². The maximum Gasteiger partial charge on any atom is 0.253 e. The number of pyridine rings is 1. The minimum atomic E-state index is -0.307. The molecule has 1 saturated heterocycles. The highest BCUT2D eigenvalue weighted by molar-refractivity contribution is 5.94. The normalized spacial score (nSPS) is 14.7. The van der Waals surface area contributed by atoms with E-state index < -0.39 is 0 Å². The van der Waals surface area contributed by atoms with Crippen LogP contribution < -0.4 is 5.32 Å². The summed E-state index contributed by atoms with van der Waals surface area (Å²) < 4.78 is 15.3. The first-order valence-electron chi connectivity index (χ1n) is 11.5. The van der Waals surface area contributed by atoms with Crippen molar-refractivity contribution in [2.75, 3.05) is 13.1 Å². The van der Waals surface area contributed by atoms with Gasteiger partial charge < -0.3 is 5.32 Å². The van der Waals surface area contributed by atoms with Crippen molar-refractivity contribution in [2.45, 2.75) is 25.4 Å². The highest BCUT2D eigenvalue weighted by Crippen LogP contribution is 2.19. The summed E-state index contributed by atoms with van der Waals surface area (Å²) in [7, 11) is 0. The Morgan fingerprint density at radius 1 is 1.03 bits per heavy atom. The number of hydrogen-bond acceptors (Lipinski definition) is 4. The van der Waals surface area contributed by atoms with Crippen molar-refractivity contribution >= 4 is 5.91 Å². The highest BCUT2D eigenvalue weighted by atomic mass is 19.1. The molecule has 0 unspecified atom stereocenters. The fourth-order valence-electron chi connectivity index (χ4n) is 4.28. The van der Waals surface area contributed by atoms with Crippen LogP contribution in [0.3, 0.4) is 0 Å². The Balaban J connectivity index is 1.11. The van der Waals surface area contributed by atoms with Crippen LogP contribution in [-0.4, -0.2) is 44.7 Å².